The molecule has 0 amide bonds. The molecule has 2 N–H and O–H groups in total. The van der Waals surface area contributed by atoms with Gasteiger partial charge in [-0.05, 0) is 18.6 Å². The first-order chi connectivity index (χ1) is 8.47. The Hall–Kier alpha value is -1.40. The van der Waals surface area contributed by atoms with Gasteiger partial charge in [-0.2, -0.15) is 0 Å². The van der Waals surface area contributed by atoms with Gasteiger partial charge in [0, 0.05) is 6.54 Å². The summed E-state index contributed by atoms with van der Waals surface area (Å²) in [6.07, 6.45) is 1.15. The lowest BCUT2D eigenvalue weighted by Gasteiger charge is -2.12. The lowest BCUT2D eigenvalue weighted by atomic mass is 10.1. The Bertz CT molecular complexity index is 484. The number of nitrogens with one attached hydrogen (secondary N) is 1. The number of carboxylic acids is 1. The summed E-state index contributed by atoms with van der Waals surface area (Å²) < 4.78 is 26.1. The summed E-state index contributed by atoms with van der Waals surface area (Å²) in [6, 6.07) is 7.90. The highest BCUT2D eigenvalue weighted by molar-refractivity contribution is 7.89. The predicted molar refractivity (Wildman–Crippen MR) is 67.7 cm³/mol. The third kappa shape index (κ3) is 4.12. The Labute approximate surface area is 107 Å². The van der Waals surface area contributed by atoms with Gasteiger partial charge >= 0.3 is 5.97 Å². The van der Waals surface area contributed by atoms with Crippen LogP contribution in [0.1, 0.15) is 19.8 Å². The molecule has 0 radical (unpaired) electrons. The molecule has 6 heteroatoms. The summed E-state index contributed by atoms with van der Waals surface area (Å²) in [5, 5.41) is 8.94. The maximum Gasteiger partial charge on any atom is 0.307 e. The van der Waals surface area contributed by atoms with Crippen LogP contribution in [0.4, 0.5) is 0 Å². The molecular formula is C12H17NO4S. The van der Waals surface area contributed by atoms with Crippen LogP contribution < -0.4 is 4.72 Å². The van der Waals surface area contributed by atoms with Crippen LogP contribution in [0.2, 0.25) is 0 Å². The van der Waals surface area contributed by atoms with Crippen molar-refractivity contribution in [2.45, 2.75) is 24.7 Å². The van der Waals surface area contributed by atoms with E-state index in [1.807, 2.05) is 6.92 Å². The van der Waals surface area contributed by atoms with Gasteiger partial charge in [0.1, 0.15) is 0 Å². The van der Waals surface area contributed by atoms with Crippen molar-refractivity contribution in [2.75, 3.05) is 6.54 Å². The first-order valence-electron chi connectivity index (χ1n) is 5.75. The molecule has 0 bridgehead atoms. The van der Waals surface area contributed by atoms with E-state index in [1.54, 1.807) is 18.2 Å². The van der Waals surface area contributed by atoms with Crippen LogP contribution >= 0.6 is 0 Å². The minimum absolute atomic E-state index is 0.0829. The van der Waals surface area contributed by atoms with Crippen LogP contribution in [-0.2, 0) is 14.8 Å². The predicted octanol–water partition coefficient (Wildman–Crippen LogP) is 1.47. The normalized spacial score (nSPS) is 13.2. The molecule has 18 heavy (non-hydrogen) atoms. The highest BCUT2D eigenvalue weighted by atomic mass is 32.2. The van der Waals surface area contributed by atoms with Crippen LogP contribution in [0.3, 0.4) is 0 Å². The number of rotatable bonds is 7. The van der Waals surface area contributed by atoms with Crippen molar-refractivity contribution in [2.24, 2.45) is 5.92 Å². The summed E-state index contributed by atoms with van der Waals surface area (Å²) in [7, 11) is -3.62. The number of carbonyl (C=O) groups is 1. The Balaban J connectivity index is 2.70. The molecule has 1 atom stereocenters. The second kappa shape index (κ2) is 6.51. The molecule has 1 aromatic rings. The summed E-state index contributed by atoms with van der Waals surface area (Å²) in [6.45, 7) is 1.78. The quantitative estimate of drug-likeness (QED) is 0.786. The summed E-state index contributed by atoms with van der Waals surface area (Å²) in [5.41, 5.74) is 0. The number of aliphatic carboxylic acids is 1. The lowest BCUT2D eigenvalue weighted by Crippen LogP contribution is -2.32. The summed E-state index contributed by atoms with van der Waals surface area (Å²) in [4.78, 5) is 11.1. The molecule has 0 spiro atoms. The van der Waals surface area contributed by atoms with Crippen LogP contribution in [-0.4, -0.2) is 26.0 Å². The van der Waals surface area contributed by atoms with Crippen LogP contribution in [0, 0.1) is 5.92 Å². The molecule has 0 saturated carbocycles. The van der Waals surface area contributed by atoms with Gasteiger partial charge in [-0.3, -0.25) is 4.79 Å². The van der Waals surface area contributed by atoms with Crippen molar-refractivity contribution in [3.8, 4) is 0 Å². The lowest BCUT2D eigenvalue weighted by molar-refractivity contribution is -0.141. The van der Waals surface area contributed by atoms with E-state index in [9.17, 15) is 13.2 Å². The fourth-order valence-electron chi connectivity index (χ4n) is 1.55. The smallest absolute Gasteiger partial charge is 0.307 e. The molecular weight excluding hydrogens is 254 g/mol. The van der Waals surface area contributed by atoms with Crippen LogP contribution in [0.15, 0.2) is 35.2 Å². The fourth-order valence-corrected chi connectivity index (χ4v) is 2.66. The van der Waals surface area contributed by atoms with E-state index in [0.717, 1.165) is 0 Å². The van der Waals surface area contributed by atoms with Crippen molar-refractivity contribution in [1.82, 2.24) is 4.72 Å². The second-order valence-electron chi connectivity index (χ2n) is 3.99. The van der Waals surface area contributed by atoms with E-state index in [-0.39, 0.29) is 11.4 Å². The van der Waals surface area contributed by atoms with E-state index in [4.69, 9.17) is 5.11 Å². The molecule has 0 aliphatic rings. The Morgan fingerprint density at radius 2 is 1.94 bits per heavy atom. The van der Waals surface area contributed by atoms with Crippen molar-refractivity contribution >= 4 is 16.0 Å². The van der Waals surface area contributed by atoms with Gasteiger partial charge in [-0.25, -0.2) is 13.1 Å². The zero-order valence-electron chi connectivity index (χ0n) is 10.2. The fraction of sp³-hybridized carbons (Fsp3) is 0.417. The van der Waals surface area contributed by atoms with Gasteiger partial charge in [0.25, 0.3) is 0 Å². The van der Waals surface area contributed by atoms with Crippen LogP contribution in [0.5, 0.6) is 0 Å². The second-order valence-corrected chi connectivity index (χ2v) is 5.76. The monoisotopic (exact) mass is 271 g/mol. The standard InChI is InChI=1S/C12H17NO4S/c1-2-6-10(12(14)15)9-13-18(16,17)11-7-4-3-5-8-11/h3-5,7-8,10,13H,2,6,9H2,1H3,(H,14,15). The molecule has 100 valence electrons. The van der Waals surface area contributed by atoms with E-state index in [2.05, 4.69) is 4.72 Å². The topological polar surface area (TPSA) is 83.5 Å². The molecule has 0 aliphatic carbocycles. The van der Waals surface area contributed by atoms with Gasteiger partial charge in [-0.15, -0.1) is 0 Å². The molecule has 0 aliphatic heterocycles. The first kappa shape index (κ1) is 14.7. The molecule has 0 fully saturated rings. The number of hydrogen-bond donors (Lipinski definition) is 2. The van der Waals surface area contributed by atoms with E-state index in [0.29, 0.717) is 12.8 Å². The first-order valence-corrected chi connectivity index (χ1v) is 7.23. The molecule has 0 saturated heterocycles. The third-order valence-corrected chi connectivity index (χ3v) is 4.00. The zero-order valence-corrected chi connectivity index (χ0v) is 11.0. The number of hydrogen-bond acceptors (Lipinski definition) is 3. The number of benzene rings is 1. The Morgan fingerprint density at radius 1 is 1.33 bits per heavy atom. The third-order valence-electron chi connectivity index (χ3n) is 2.56. The maximum absolute atomic E-state index is 11.9. The highest BCUT2D eigenvalue weighted by Gasteiger charge is 2.20. The average Bonchev–Trinajstić information content (AvgIpc) is 2.35. The highest BCUT2D eigenvalue weighted by Crippen LogP contribution is 2.10. The molecule has 1 aromatic carbocycles. The minimum atomic E-state index is -3.62. The minimum Gasteiger partial charge on any atom is -0.481 e. The molecule has 5 nitrogen and oxygen atoms in total. The summed E-state index contributed by atoms with van der Waals surface area (Å²) in [5.74, 6) is -1.67. The zero-order chi connectivity index (χ0) is 13.6. The molecule has 0 heterocycles. The van der Waals surface area contributed by atoms with Crippen molar-refractivity contribution in [1.29, 1.82) is 0 Å². The van der Waals surface area contributed by atoms with Crippen LogP contribution in [0.25, 0.3) is 0 Å². The number of carboxylic acid groups (broad SMARTS) is 1. The van der Waals surface area contributed by atoms with Crippen molar-refractivity contribution < 1.29 is 18.3 Å². The van der Waals surface area contributed by atoms with E-state index < -0.39 is 21.9 Å². The van der Waals surface area contributed by atoms with E-state index in [1.165, 1.54) is 12.1 Å². The largest absolute Gasteiger partial charge is 0.481 e. The van der Waals surface area contributed by atoms with Gasteiger partial charge in [0.2, 0.25) is 10.0 Å². The molecule has 0 aromatic heterocycles. The van der Waals surface area contributed by atoms with Gasteiger partial charge in [-0.1, -0.05) is 31.5 Å². The number of sulfonamides is 1. The Morgan fingerprint density at radius 3 is 2.44 bits per heavy atom. The van der Waals surface area contributed by atoms with Crippen molar-refractivity contribution in [3.05, 3.63) is 30.3 Å². The van der Waals surface area contributed by atoms with Crippen molar-refractivity contribution in [3.63, 3.8) is 0 Å². The molecule has 1 unspecified atom stereocenters. The van der Waals surface area contributed by atoms with E-state index >= 15 is 0 Å². The summed E-state index contributed by atoms with van der Waals surface area (Å²) >= 11 is 0. The van der Waals surface area contributed by atoms with Gasteiger partial charge in [0.05, 0.1) is 10.8 Å². The average molecular weight is 271 g/mol. The Kier molecular flexibility index (Phi) is 5.30. The van der Waals surface area contributed by atoms with Gasteiger partial charge in [0.15, 0.2) is 0 Å². The molecule has 1 rings (SSSR count). The maximum atomic E-state index is 11.9. The SMILES string of the molecule is CCCC(CNS(=O)(=O)c1ccccc1)C(=O)O. The van der Waals surface area contributed by atoms with Gasteiger partial charge < -0.3 is 5.11 Å².